The van der Waals surface area contributed by atoms with E-state index >= 15 is 0 Å². The average Bonchev–Trinajstić information content (AvgIpc) is 2.53. The fraction of sp³-hybridized carbons (Fsp3) is 0.714. The predicted molar refractivity (Wildman–Crippen MR) is 103 cm³/mol. The highest BCUT2D eigenvalue weighted by molar-refractivity contribution is 6.67. The van der Waals surface area contributed by atoms with Gasteiger partial charge in [0.15, 0.2) is 0 Å². The Morgan fingerprint density at radius 3 is 2.44 bits per heavy atom. The minimum Gasteiger partial charge on any atom is -0.281 e. The lowest BCUT2D eigenvalue weighted by molar-refractivity contribution is -0.129. The summed E-state index contributed by atoms with van der Waals surface area (Å²) < 4.78 is 0. The van der Waals surface area contributed by atoms with Gasteiger partial charge in [-0.3, -0.25) is 9.59 Å². The van der Waals surface area contributed by atoms with Crippen molar-refractivity contribution < 1.29 is 9.59 Å². The second kappa shape index (κ2) is 6.53. The predicted octanol–water partition coefficient (Wildman–Crippen LogP) is 6.02. The highest BCUT2D eigenvalue weighted by Gasteiger charge is 2.55. The minimum atomic E-state index is -0.471. The fourth-order valence-corrected chi connectivity index (χ4v) is 6.26. The Bertz CT molecular complexity index is 675. The molecule has 0 aromatic rings. The lowest BCUT2D eigenvalue weighted by Crippen LogP contribution is -2.49. The Morgan fingerprint density at radius 1 is 1.20 bits per heavy atom. The van der Waals surface area contributed by atoms with Crippen molar-refractivity contribution in [1.29, 1.82) is 0 Å². The van der Waals surface area contributed by atoms with E-state index in [0.29, 0.717) is 5.92 Å². The number of rotatable bonds is 3. The molecule has 0 spiro atoms. The van der Waals surface area contributed by atoms with Crippen molar-refractivity contribution in [3.63, 3.8) is 0 Å². The van der Waals surface area contributed by atoms with E-state index in [-0.39, 0.29) is 27.7 Å². The molecule has 0 saturated heterocycles. The highest BCUT2D eigenvalue weighted by Crippen LogP contribution is 2.62. The third-order valence-corrected chi connectivity index (χ3v) is 7.96. The first-order chi connectivity index (χ1) is 11.6. The van der Waals surface area contributed by atoms with Gasteiger partial charge in [-0.05, 0) is 84.0 Å². The standard InChI is InChI=1S/C21H28Cl2O2/c1-12(2)14-10-13-6-7-17-20(3,16(13)11-15(14)18(22)24)8-5-9-21(17,4)19(23)25/h11-12,14,17H,5-10H2,1-4H3. The van der Waals surface area contributed by atoms with Gasteiger partial charge in [0, 0.05) is 11.0 Å². The Balaban J connectivity index is 2.09. The Morgan fingerprint density at radius 2 is 1.88 bits per heavy atom. The summed E-state index contributed by atoms with van der Waals surface area (Å²) in [5.41, 5.74) is 2.92. The molecule has 2 nitrogen and oxygen atoms in total. The quantitative estimate of drug-likeness (QED) is 0.558. The van der Waals surface area contributed by atoms with Gasteiger partial charge in [-0.2, -0.15) is 0 Å². The molecule has 138 valence electrons. The lowest BCUT2D eigenvalue weighted by Gasteiger charge is -2.55. The molecule has 0 aromatic heterocycles. The molecule has 4 heteroatoms. The third-order valence-electron chi connectivity index (χ3n) is 7.31. The van der Waals surface area contributed by atoms with Crippen molar-refractivity contribution in [3.8, 4) is 0 Å². The minimum absolute atomic E-state index is 0.0926. The van der Waals surface area contributed by atoms with Gasteiger partial charge in [0.05, 0.1) is 0 Å². The maximum absolute atomic E-state index is 12.3. The molecule has 3 aliphatic rings. The number of carbonyl (C=O) groups is 2. The highest BCUT2D eigenvalue weighted by atomic mass is 35.5. The molecule has 25 heavy (non-hydrogen) atoms. The summed E-state index contributed by atoms with van der Waals surface area (Å²) in [5, 5.41) is -0.538. The summed E-state index contributed by atoms with van der Waals surface area (Å²) in [5.74, 6) is 0.819. The van der Waals surface area contributed by atoms with Crippen LogP contribution in [0.15, 0.2) is 22.8 Å². The van der Waals surface area contributed by atoms with Gasteiger partial charge in [-0.1, -0.05) is 45.8 Å². The van der Waals surface area contributed by atoms with Crippen LogP contribution in [-0.4, -0.2) is 10.5 Å². The zero-order valence-electron chi connectivity index (χ0n) is 15.6. The summed E-state index contributed by atoms with van der Waals surface area (Å²) >= 11 is 12.0. The van der Waals surface area contributed by atoms with Gasteiger partial charge in [0.2, 0.25) is 10.5 Å². The van der Waals surface area contributed by atoms with Gasteiger partial charge >= 0.3 is 0 Å². The van der Waals surface area contributed by atoms with Crippen molar-refractivity contribution in [2.45, 2.75) is 66.2 Å². The molecule has 3 aliphatic carbocycles. The topological polar surface area (TPSA) is 34.1 Å². The van der Waals surface area contributed by atoms with Gasteiger partial charge in [0.25, 0.3) is 0 Å². The van der Waals surface area contributed by atoms with Crippen molar-refractivity contribution in [1.82, 2.24) is 0 Å². The van der Waals surface area contributed by atoms with Crippen molar-refractivity contribution in [3.05, 3.63) is 22.8 Å². The summed E-state index contributed by atoms with van der Waals surface area (Å²) in [4.78, 5) is 24.3. The van der Waals surface area contributed by atoms with Gasteiger partial charge in [-0.25, -0.2) is 0 Å². The Kier molecular flexibility index (Phi) is 5.01. The van der Waals surface area contributed by atoms with Crippen molar-refractivity contribution >= 4 is 33.7 Å². The van der Waals surface area contributed by atoms with Crippen LogP contribution in [-0.2, 0) is 9.59 Å². The molecule has 0 N–H and O–H groups in total. The number of carbonyl (C=O) groups excluding carboxylic acids is 2. The maximum atomic E-state index is 12.3. The zero-order valence-corrected chi connectivity index (χ0v) is 17.1. The molecule has 0 radical (unpaired) electrons. The molecule has 1 fully saturated rings. The van der Waals surface area contributed by atoms with E-state index in [4.69, 9.17) is 23.2 Å². The second-order valence-corrected chi connectivity index (χ2v) is 9.69. The number of allylic oxidation sites excluding steroid dienone is 4. The first-order valence-electron chi connectivity index (χ1n) is 9.45. The Labute approximate surface area is 161 Å². The first-order valence-corrected chi connectivity index (χ1v) is 10.2. The Hall–Kier alpha value is -0.600. The van der Waals surface area contributed by atoms with Crippen molar-refractivity contribution in [2.24, 2.45) is 28.6 Å². The zero-order chi connectivity index (χ0) is 18.6. The van der Waals surface area contributed by atoms with E-state index in [1.54, 1.807) is 0 Å². The van der Waals surface area contributed by atoms with Gasteiger partial charge < -0.3 is 0 Å². The van der Waals surface area contributed by atoms with Crippen LogP contribution >= 0.6 is 23.2 Å². The lowest BCUT2D eigenvalue weighted by atomic mass is 9.49. The average molecular weight is 383 g/mol. The summed E-state index contributed by atoms with van der Waals surface area (Å²) in [6.07, 6.45) is 7.90. The molecule has 0 amide bonds. The van der Waals surface area contributed by atoms with E-state index in [0.717, 1.165) is 44.1 Å². The van der Waals surface area contributed by atoms with Crippen LogP contribution in [0.4, 0.5) is 0 Å². The molecule has 4 atom stereocenters. The SMILES string of the molecule is CC(C)C1CC2=C(C=C1C(=O)Cl)C1(C)CCCC(C)(C(=O)Cl)C1CC2. The van der Waals surface area contributed by atoms with Crippen LogP contribution in [0.25, 0.3) is 0 Å². The molecule has 0 bridgehead atoms. The van der Waals surface area contributed by atoms with Crippen LogP contribution in [0.5, 0.6) is 0 Å². The summed E-state index contributed by atoms with van der Waals surface area (Å²) in [7, 11) is 0. The molecular weight excluding hydrogens is 355 g/mol. The second-order valence-electron chi connectivity index (χ2n) is 9.00. The van der Waals surface area contributed by atoms with E-state index < -0.39 is 5.41 Å². The first kappa shape index (κ1) is 19.2. The molecule has 0 aliphatic heterocycles. The summed E-state index contributed by atoms with van der Waals surface area (Å²) in [6, 6.07) is 0. The smallest absolute Gasteiger partial charge is 0.248 e. The van der Waals surface area contributed by atoms with E-state index in [2.05, 4.69) is 26.8 Å². The molecular formula is C21H28Cl2O2. The van der Waals surface area contributed by atoms with Gasteiger partial charge in [-0.15, -0.1) is 0 Å². The fourth-order valence-electron chi connectivity index (χ4n) is 5.84. The molecule has 1 saturated carbocycles. The summed E-state index contributed by atoms with van der Waals surface area (Å²) in [6.45, 7) is 8.61. The number of halogens is 2. The third kappa shape index (κ3) is 2.94. The van der Waals surface area contributed by atoms with Crippen molar-refractivity contribution in [2.75, 3.05) is 0 Å². The van der Waals surface area contributed by atoms with Crippen LogP contribution in [0.1, 0.15) is 66.2 Å². The van der Waals surface area contributed by atoms with Crippen LogP contribution < -0.4 is 0 Å². The number of hydrogen-bond acceptors (Lipinski definition) is 2. The number of hydrogen-bond donors (Lipinski definition) is 0. The van der Waals surface area contributed by atoms with Crippen LogP contribution in [0.3, 0.4) is 0 Å². The molecule has 4 unspecified atom stereocenters. The monoisotopic (exact) mass is 382 g/mol. The number of fused-ring (bicyclic) bond motifs is 2. The maximum Gasteiger partial charge on any atom is 0.248 e. The molecule has 0 aromatic carbocycles. The van der Waals surface area contributed by atoms with Crippen LogP contribution in [0, 0.1) is 28.6 Å². The molecule has 0 heterocycles. The van der Waals surface area contributed by atoms with Crippen LogP contribution in [0.2, 0.25) is 0 Å². The van der Waals surface area contributed by atoms with E-state index in [1.165, 1.54) is 11.1 Å². The normalized spacial score (nSPS) is 38.1. The van der Waals surface area contributed by atoms with Gasteiger partial charge in [0.1, 0.15) is 0 Å². The molecule has 3 rings (SSSR count). The largest absolute Gasteiger partial charge is 0.281 e. The van der Waals surface area contributed by atoms with E-state index in [9.17, 15) is 9.59 Å². The van der Waals surface area contributed by atoms with E-state index in [1.807, 2.05) is 6.92 Å².